The average Bonchev–Trinajstić information content (AvgIpc) is 3.41. The highest BCUT2D eigenvalue weighted by atomic mass is 16.7. The number of fused-ring (bicyclic) bond motifs is 5. The lowest BCUT2D eigenvalue weighted by atomic mass is 9.45. The van der Waals surface area contributed by atoms with Crippen molar-refractivity contribution in [2.45, 2.75) is 115 Å². The predicted molar refractivity (Wildman–Crippen MR) is 133 cm³/mol. The monoisotopic (exact) mass is 518 g/mol. The number of cyclic esters (lactones) is 1. The van der Waals surface area contributed by atoms with E-state index in [1.54, 1.807) is 13.0 Å². The maximum atomic E-state index is 12.3. The highest BCUT2D eigenvalue weighted by molar-refractivity contribution is 5.85. The van der Waals surface area contributed by atoms with Gasteiger partial charge in [-0.1, -0.05) is 25.5 Å². The van der Waals surface area contributed by atoms with Crippen LogP contribution in [0.15, 0.2) is 23.3 Å². The fourth-order valence-electron chi connectivity index (χ4n) is 9.21. The second-order valence-corrected chi connectivity index (χ2v) is 13.1. The van der Waals surface area contributed by atoms with Crippen LogP contribution >= 0.6 is 0 Å². The Bertz CT molecular complexity index is 1010. The molecule has 6 aliphatic rings. The summed E-state index contributed by atoms with van der Waals surface area (Å²) in [5.41, 5.74) is 1.38. The molecule has 0 radical (unpaired) electrons. The minimum Gasteiger partial charge on any atom is -0.458 e. The third-order valence-electron chi connectivity index (χ3n) is 11.5. The van der Waals surface area contributed by atoms with E-state index in [0.717, 1.165) is 56.9 Å². The fourth-order valence-corrected chi connectivity index (χ4v) is 9.21. The first-order valence-electron chi connectivity index (χ1n) is 14.1. The van der Waals surface area contributed by atoms with Crippen molar-refractivity contribution in [3.05, 3.63) is 23.3 Å². The van der Waals surface area contributed by atoms with Crippen molar-refractivity contribution in [3.8, 4) is 0 Å². The number of esters is 1. The Morgan fingerprint density at radius 2 is 1.78 bits per heavy atom. The Morgan fingerprint density at radius 3 is 2.51 bits per heavy atom. The lowest BCUT2D eigenvalue weighted by Crippen LogP contribution is -2.61. The van der Waals surface area contributed by atoms with Gasteiger partial charge in [-0.05, 0) is 87.0 Å². The molecule has 2 aliphatic heterocycles. The minimum atomic E-state index is -1.30. The summed E-state index contributed by atoms with van der Waals surface area (Å²) in [7, 11) is 0. The quantitative estimate of drug-likeness (QED) is 0.332. The summed E-state index contributed by atoms with van der Waals surface area (Å²) < 4.78 is 17.1. The van der Waals surface area contributed by atoms with Gasteiger partial charge in [-0.15, -0.1) is 0 Å². The number of carbonyl (C=O) groups excluding carboxylic acids is 1. The smallest absolute Gasteiger partial charge is 0.331 e. The van der Waals surface area contributed by atoms with Crippen LogP contribution in [-0.4, -0.2) is 75.4 Å². The Balaban J connectivity index is 1.19. The van der Waals surface area contributed by atoms with Gasteiger partial charge in [0.2, 0.25) is 0 Å². The van der Waals surface area contributed by atoms with Crippen molar-refractivity contribution >= 4 is 5.97 Å². The Morgan fingerprint density at radius 1 is 1.00 bits per heavy atom. The molecule has 8 nitrogen and oxygen atoms in total. The van der Waals surface area contributed by atoms with Crippen molar-refractivity contribution in [1.82, 2.24) is 0 Å². The van der Waals surface area contributed by atoms with Crippen LogP contribution in [0.5, 0.6) is 0 Å². The van der Waals surface area contributed by atoms with Crippen molar-refractivity contribution < 1.29 is 39.4 Å². The molecule has 1 saturated heterocycles. The number of rotatable bonds is 3. The van der Waals surface area contributed by atoms with Crippen LogP contribution in [0.25, 0.3) is 0 Å². The molecule has 6 rings (SSSR count). The van der Waals surface area contributed by atoms with Gasteiger partial charge >= 0.3 is 5.97 Å². The van der Waals surface area contributed by atoms with Gasteiger partial charge < -0.3 is 34.6 Å². The van der Waals surface area contributed by atoms with E-state index in [-0.39, 0.29) is 34.7 Å². The van der Waals surface area contributed by atoms with Crippen LogP contribution in [0.1, 0.15) is 72.1 Å². The number of carbonyl (C=O) groups is 1. The largest absolute Gasteiger partial charge is 0.458 e. The first kappa shape index (κ1) is 26.0. The molecule has 0 unspecified atom stereocenters. The third-order valence-corrected chi connectivity index (χ3v) is 11.5. The number of aliphatic hydroxyl groups is 4. The van der Waals surface area contributed by atoms with Crippen LogP contribution in [0.3, 0.4) is 0 Å². The van der Waals surface area contributed by atoms with Crippen LogP contribution < -0.4 is 0 Å². The third kappa shape index (κ3) is 3.74. The normalized spacial score (nSPS) is 53.5. The molecule has 4 N–H and O–H groups in total. The van der Waals surface area contributed by atoms with Crippen LogP contribution in [0, 0.1) is 28.6 Å². The van der Waals surface area contributed by atoms with Crippen LogP contribution in [0.4, 0.5) is 0 Å². The van der Waals surface area contributed by atoms with Gasteiger partial charge in [0, 0.05) is 11.5 Å². The number of aliphatic hydroxyl groups excluding tert-OH is 3. The molecule has 3 saturated carbocycles. The van der Waals surface area contributed by atoms with Gasteiger partial charge in [-0.3, -0.25) is 0 Å². The fraction of sp³-hybridized carbons (Fsp3) is 0.828. The van der Waals surface area contributed by atoms with E-state index in [9.17, 15) is 25.2 Å². The zero-order valence-corrected chi connectivity index (χ0v) is 22.1. The predicted octanol–water partition coefficient (Wildman–Crippen LogP) is 2.38. The van der Waals surface area contributed by atoms with E-state index in [4.69, 9.17) is 14.2 Å². The minimum absolute atomic E-state index is 0.0152. The van der Waals surface area contributed by atoms with Gasteiger partial charge in [0.15, 0.2) is 6.29 Å². The van der Waals surface area contributed by atoms with E-state index in [1.807, 2.05) is 0 Å². The summed E-state index contributed by atoms with van der Waals surface area (Å²) >= 11 is 0. The van der Waals surface area contributed by atoms with Gasteiger partial charge in [-0.2, -0.15) is 0 Å². The molecule has 12 atom stereocenters. The van der Waals surface area contributed by atoms with Crippen molar-refractivity contribution in [1.29, 1.82) is 0 Å². The molecule has 37 heavy (non-hydrogen) atoms. The first-order valence-corrected chi connectivity index (χ1v) is 14.1. The SMILES string of the molecule is C[C@@H]1O[C@@H](O[C@H]2CC[C@@]3(C)C(=CC[C@@H]4[C@@H]3CC[C@]3(C)[C@@H](C5=CC(=O)OC5)CC[C@]43O)C2)[C@H](O)[C@H](O)[C@H]1O. The molecular weight excluding hydrogens is 476 g/mol. The maximum Gasteiger partial charge on any atom is 0.331 e. The van der Waals surface area contributed by atoms with Gasteiger partial charge in [0.05, 0.1) is 17.8 Å². The zero-order valence-electron chi connectivity index (χ0n) is 22.1. The summed E-state index contributed by atoms with van der Waals surface area (Å²) in [4.78, 5) is 11.8. The molecule has 0 spiro atoms. The van der Waals surface area contributed by atoms with E-state index >= 15 is 0 Å². The van der Waals surface area contributed by atoms with Gasteiger partial charge in [0.25, 0.3) is 0 Å². The summed E-state index contributed by atoms with van der Waals surface area (Å²) in [5.74, 6) is 0.493. The number of hydrogen-bond acceptors (Lipinski definition) is 8. The molecule has 0 aromatic rings. The van der Waals surface area contributed by atoms with E-state index in [0.29, 0.717) is 12.5 Å². The Hall–Kier alpha value is -1.29. The van der Waals surface area contributed by atoms with Crippen molar-refractivity contribution in [2.24, 2.45) is 28.6 Å². The summed E-state index contributed by atoms with van der Waals surface area (Å²) in [6.45, 7) is 6.62. The topological polar surface area (TPSA) is 126 Å². The molecule has 2 heterocycles. The second kappa shape index (κ2) is 8.86. The molecule has 8 heteroatoms. The average molecular weight is 519 g/mol. The lowest BCUT2D eigenvalue weighted by molar-refractivity contribution is -0.306. The molecule has 0 amide bonds. The second-order valence-electron chi connectivity index (χ2n) is 13.1. The van der Waals surface area contributed by atoms with E-state index < -0.39 is 36.3 Å². The number of allylic oxidation sites excluding steroid dienone is 1. The van der Waals surface area contributed by atoms with Crippen LogP contribution in [-0.2, 0) is 19.0 Å². The van der Waals surface area contributed by atoms with E-state index in [1.165, 1.54) is 5.57 Å². The maximum absolute atomic E-state index is 12.3. The first-order chi connectivity index (χ1) is 17.5. The lowest BCUT2D eigenvalue weighted by Gasteiger charge is -2.61. The molecule has 4 aliphatic carbocycles. The number of ether oxygens (including phenoxy) is 3. The summed E-state index contributed by atoms with van der Waals surface area (Å²) in [6, 6.07) is 0. The standard InChI is InChI=1S/C29H42O8/c1-15-23(31)24(32)25(33)26(36-15)37-18-6-9-27(2)17(13-18)4-5-21-20(27)7-10-28(3)19(8-11-29(21,28)34)16-12-22(30)35-14-16/h4,12,15,18-21,23-26,31-34H,5-11,13-14H2,1-3H3/t15-,18-,19+,20-,21+,23-,24+,25+,26-,27-,28+,29-/m0/s1. The Labute approximate surface area is 218 Å². The zero-order chi connectivity index (χ0) is 26.3. The summed E-state index contributed by atoms with van der Waals surface area (Å²) in [6.07, 6.45) is 5.48. The van der Waals surface area contributed by atoms with Crippen LogP contribution in [0.2, 0.25) is 0 Å². The Kier molecular flexibility index (Phi) is 6.22. The number of hydrogen-bond donors (Lipinski definition) is 4. The highest BCUT2D eigenvalue weighted by Gasteiger charge is 2.66. The van der Waals surface area contributed by atoms with Gasteiger partial charge in [0.1, 0.15) is 24.9 Å². The highest BCUT2D eigenvalue weighted by Crippen LogP contribution is 2.69. The molecular formula is C29H42O8. The molecule has 0 aromatic heterocycles. The van der Waals surface area contributed by atoms with Crippen molar-refractivity contribution in [2.75, 3.05) is 6.61 Å². The molecule has 4 fully saturated rings. The van der Waals surface area contributed by atoms with Gasteiger partial charge in [-0.25, -0.2) is 4.79 Å². The molecule has 0 aromatic carbocycles. The summed E-state index contributed by atoms with van der Waals surface area (Å²) in [5, 5.41) is 42.9. The van der Waals surface area contributed by atoms with Crippen molar-refractivity contribution in [3.63, 3.8) is 0 Å². The van der Waals surface area contributed by atoms with E-state index in [2.05, 4.69) is 19.9 Å². The molecule has 206 valence electrons. The molecule has 0 bridgehead atoms.